The zero-order valence-electron chi connectivity index (χ0n) is 19.8. The summed E-state index contributed by atoms with van der Waals surface area (Å²) < 4.78 is 15.4. The van der Waals surface area contributed by atoms with Gasteiger partial charge in [-0.2, -0.15) is 0 Å². The summed E-state index contributed by atoms with van der Waals surface area (Å²) in [5.41, 5.74) is 9.21. The van der Waals surface area contributed by atoms with Gasteiger partial charge in [0.2, 0.25) is 0 Å². The molecule has 2 aromatic carbocycles. The maximum Gasteiger partial charge on any atom is 0.267 e. The van der Waals surface area contributed by atoms with Gasteiger partial charge in [0.1, 0.15) is 17.4 Å². The predicted octanol–water partition coefficient (Wildman–Crippen LogP) is 4.34. The molecule has 0 saturated heterocycles. The lowest BCUT2D eigenvalue weighted by Crippen LogP contribution is -2.30. The molecule has 0 bridgehead atoms. The number of pyridine rings is 1. The Balaban J connectivity index is 2.07. The number of aromatic hydroxyl groups is 1. The Kier molecular flexibility index (Phi) is 7.16. The summed E-state index contributed by atoms with van der Waals surface area (Å²) in [5, 5.41) is 10.8. The number of halogens is 2. The number of nitrogens with zero attached hydrogens (tertiary/aromatic N) is 4. The molecule has 4 aromatic rings. The number of aryl methyl sites for hydroxylation is 2. The van der Waals surface area contributed by atoms with Gasteiger partial charge in [-0.05, 0) is 55.3 Å². The van der Waals surface area contributed by atoms with Crippen LogP contribution < -0.4 is 11.3 Å². The van der Waals surface area contributed by atoms with Crippen molar-refractivity contribution in [1.29, 1.82) is 0 Å². The van der Waals surface area contributed by atoms with Gasteiger partial charge >= 0.3 is 0 Å². The van der Waals surface area contributed by atoms with E-state index in [9.17, 15) is 14.3 Å². The van der Waals surface area contributed by atoms with Crippen molar-refractivity contribution in [2.75, 3.05) is 19.6 Å². The Morgan fingerprint density at radius 3 is 2.60 bits per heavy atom. The second kappa shape index (κ2) is 10.1. The summed E-state index contributed by atoms with van der Waals surface area (Å²) in [7, 11) is 0. The fourth-order valence-electron chi connectivity index (χ4n) is 4.36. The Morgan fingerprint density at radius 1 is 1.17 bits per heavy atom. The summed E-state index contributed by atoms with van der Waals surface area (Å²) in [6.07, 6.45) is 1.71. The van der Waals surface area contributed by atoms with E-state index in [1.165, 1.54) is 16.7 Å². The third kappa shape index (κ3) is 5.05. The van der Waals surface area contributed by atoms with E-state index in [0.717, 1.165) is 34.9 Å². The molecular formula is C26H27ClFN5O2. The molecule has 3 N–H and O–H groups in total. The van der Waals surface area contributed by atoms with Gasteiger partial charge in [0.25, 0.3) is 5.56 Å². The largest absolute Gasteiger partial charge is 0.508 e. The van der Waals surface area contributed by atoms with Crippen LogP contribution in [0, 0.1) is 19.7 Å². The molecule has 4 rings (SSSR count). The monoisotopic (exact) mass is 495 g/mol. The first-order chi connectivity index (χ1) is 16.7. The van der Waals surface area contributed by atoms with Crippen LogP contribution >= 0.6 is 11.6 Å². The molecule has 0 aliphatic carbocycles. The van der Waals surface area contributed by atoms with E-state index in [0.29, 0.717) is 41.5 Å². The molecule has 0 saturated carbocycles. The average molecular weight is 496 g/mol. The molecule has 7 nitrogen and oxygen atoms in total. The number of phenols is 1. The van der Waals surface area contributed by atoms with Crippen molar-refractivity contribution in [3.05, 3.63) is 80.7 Å². The maximum absolute atomic E-state index is 14.1. The summed E-state index contributed by atoms with van der Waals surface area (Å²) >= 11 is 6.36. The van der Waals surface area contributed by atoms with Crippen molar-refractivity contribution in [2.45, 2.75) is 27.3 Å². The van der Waals surface area contributed by atoms with E-state index in [2.05, 4.69) is 14.9 Å². The smallest absolute Gasteiger partial charge is 0.267 e. The predicted molar refractivity (Wildman–Crippen MR) is 137 cm³/mol. The van der Waals surface area contributed by atoms with Crippen molar-refractivity contribution < 1.29 is 9.50 Å². The fraction of sp³-hybridized carbons (Fsp3) is 0.269. The maximum atomic E-state index is 14.1. The van der Waals surface area contributed by atoms with Gasteiger partial charge in [-0.25, -0.2) is 14.4 Å². The molecule has 0 spiro atoms. The van der Waals surface area contributed by atoms with Gasteiger partial charge in [0.05, 0.1) is 11.1 Å². The summed E-state index contributed by atoms with van der Waals surface area (Å²) in [4.78, 5) is 25.2. The van der Waals surface area contributed by atoms with E-state index in [4.69, 9.17) is 17.3 Å². The highest BCUT2D eigenvalue weighted by molar-refractivity contribution is 6.31. The van der Waals surface area contributed by atoms with Crippen LogP contribution in [-0.2, 0) is 6.54 Å². The number of likely N-dealkylation sites (N-methyl/N-ethyl adjacent to an activating group) is 1. The van der Waals surface area contributed by atoms with Crippen LogP contribution in [-0.4, -0.2) is 44.2 Å². The second-order valence-corrected chi connectivity index (χ2v) is 8.93. The molecule has 0 atom stereocenters. The normalized spacial score (nSPS) is 11.5. The average Bonchev–Trinajstić information content (AvgIpc) is 2.77. The number of benzene rings is 2. The topological polar surface area (TPSA) is 97.3 Å². The van der Waals surface area contributed by atoms with Crippen LogP contribution in [0.25, 0.3) is 27.8 Å². The van der Waals surface area contributed by atoms with Crippen LogP contribution in [0.4, 0.5) is 4.39 Å². The van der Waals surface area contributed by atoms with Crippen molar-refractivity contribution in [3.8, 4) is 22.6 Å². The molecular weight excluding hydrogens is 469 g/mol. The zero-order chi connectivity index (χ0) is 25.3. The Labute approximate surface area is 207 Å². The molecule has 0 unspecified atom stereocenters. The highest BCUT2D eigenvalue weighted by Gasteiger charge is 2.21. The lowest BCUT2D eigenvalue weighted by Gasteiger charge is -2.23. The van der Waals surface area contributed by atoms with Crippen molar-refractivity contribution in [1.82, 2.24) is 19.4 Å². The highest BCUT2D eigenvalue weighted by atomic mass is 35.5. The number of hydrogen-bond donors (Lipinski definition) is 2. The first-order valence-electron chi connectivity index (χ1n) is 11.3. The SMILES string of the molecule is CCN(CCN)Cc1c(-c2cc(C)cc(Cl)c2)cnc2nc(C)n(-c3cc(O)cc(F)c3)c(=O)c12. The molecule has 2 aromatic heterocycles. The van der Waals surface area contributed by atoms with Crippen LogP contribution in [0.1, 0.15) is 23.9 Å². The molecule has 35 heavy (non-hydrogen) atoms. The number of rotatable bonds is 7. The van der Waals surface area contributed by atoms with Gasteiger partial charge in [-0.3, -0.25) is 14.3 Å². The number of aromatic nitrogens is 3. The van der Waals surface area contributed by atoms with Crippen molar-refractivity contribution in [3.63, 3.8) is 0 Å². The fourth-order valence-corrected chi connectivity index (χ4v) is 4.65. The number of fused-ring (bicyclic) bond motifs is 1. The molecule has 182 valence electrons. The van der Waals surface area contributed by atoms with Crippen LogP contribution in [0.3, 0.4) is 0 Å². The third-order valence-corrected chi connectivity index (χ3v) is 6.15. The van der Waals surface area contributed by atoms with Crippen LogP contribution in [0.2, 0.25) is 5.02 Å². The number of phenolic OH excluding ortho intramolecular Hbond substituents is 1. The van der Waals surface area contributed by atoms with E-state index < -0.39 is 11.4 Å². The van der Waals surface area contributed by atoms with Gasteiger partial charge in [0, 0.05) is 48.5 Å². The second-order valence-electron chi connectivity index (χ2n) is 8.49. The van der Waals surface area contributed by atoms with Crippen LogP contribution in [0.5, 0.6) is 5.75 Å². The van der Waals surface area contributed by atoms with Gasteiger partial charge in [-0.15, -0.1) is 0 Å². The quantitative estimate of drug-likeness (QED) is 0.396. The Morgan fingerprint density at radius 2 is 1.94 bits per heavy atom. The molecule has 0 amide bonds. The summed E-state index contributed by atoms with van der Waals surface area (Å²) in [6.45, 7) is 7.88. The van der Waals surface area contributed by atoms with Crippen molar-refractivity contribution in [2.24, 2.45) is 5.73 Å². The molecule has 0 radical (unpaired) electrons. The van der Waals surface area contributed by atoms with E-state index in [1.54, 1.807) is 13.1 Å². The molecule has 0 aliphatic rings. The van der Waals surface area contributed by atoms with Crippen LogP contribution in [0.15, 0.2) is 47.4 Å². The lowest BCUT2D eigenvalue weighted by atomic mass is 9.97. The van der Waals surface area contributed by atoms with E-state index in [-0.39, 0.29) is 11.4 Å². The molecule has 9 heteroatoms. The zero-order valence-corrected chi connectivity index (χ0v) is 20.6. The molecule has 2 heterocycles. The minimum absolute atomic E-state index is 0.184. The summed E-state index contributed by atoms with van der Waals surface area (Å²) in [5.74, 6) is -0.618. The Hall–Kier alpha value is -3.33. The molecule has 0 fully saturated rings. The van der Waals surface area contributed by atoms with Gasteiger partial charge in [-0.1, -0.05) is 24.6 Å². The summed E-state index contributed by atoms with van der Waals surface area (Å²) in [6, 6.07) is 9.19. The third-order valence-electron chi connectivity index (χ3n) is 5.93. The van der Waals surface area contributed by atoms with E-state index >= 15 is 0 Å². The first-order valence-corrected chi connectivity index (χ1v) is 11.7. The van der Waals surface area contributed by atoms with Crippen molar-refractivity contribution >= 4 is 22.6 Å². The Bertz CT molecular complexity index is 1430. The minimum atomic E-state index is -0.659. The van der Waals surface area contributed by atoms with E-state index in [1.807, 2.05) is 32.0 Å². The molecule has 0 aliphatic heterocycles. The number of nitrogens with two attached hydrogens (primary N) is 1. The van der Waals surface area contributed by atoms with Gasteiger partial charge in [0.15, 0.2) is 5.65 Å². The first kappa shape index (κ1) is 24.8. The lowest BCUT2D eigenvalue weighted by molar-refractivity contribution is 0.289. The standard InChI is InChI=1S/C26H27ClFN5O2/c1-4-32(6-5-29)14-23-22(17-7-15(2)8-18(27)9-17)13-30-25-24(23)26(35)33(16(3)31-25)20-10-19(28)11-21(34)12-20/h7-13,34H,4-6,14,29H2,1-3H3. The number of hydrogen-bond acceptors (Lipinski definition) is 6. The highest BCUT2D eigenvalue weighted by Crippen LogP contribution is 2.31. The minimum Gasteiger partial charge on any atom is -0.508 e. The van der Waals surface area contributed by atoms with Gasteiger partial charge < -0.3 is 10.8 Å².